The van der Waals surface area contributed by atoms with Gasteiger partial charge in [0.25, 0.3) is 11.6 Å². The topological polar surface area (TPSA) is 115 Å². The Morgan fingerprint density at radius 3 is 3.04 bits per heavy atom. The van der Waals surface area contributed by atoms with Gasteiger partial charge in [0.05, 0.1) is 16.3 Å². The second-order valence-corrected chi connectivity index (χ2v) is 5.38. The predicted molar refractivity (Wildman–Crippen MR) is 81.5 cm³/mol. The summed E-state index contributed by atoms with van der Waals surface area (Å²) in [5.74, 6) is -0.284. The van der Waals surface area contributed by atoms with Crippen molar-refractivity contribution in [1.82, 2.24) is 25.6 Å². The molecule has 0 radical (unpaired) electrons. The lowest BCUT2D eigenvalue weighted by Gasteiger charge is -2.10. The number of amides is 1. The predicted octanol–water partition coefficient (Wildman–Crippen LogP) is 0.576. The van der Waals surface area contributed by atoms with Crippen molar-refractivity contribution >= 4 is 11.6 Å². The van der Waals surface area contributed by atoms with Gasteiger partial charge in [-0.1, -0.05) is 11.3 Å². The van der Waals surface area contributed by atoms with Gasteiger partial charge < -0.3 is 10.6 Å². The number of hydrogen-bond acceptors (Lipinski definition) is 6. The van der Waals surface area contributed by atoms with Crippen LogP contribution in [0.4, 0.5) is 5.69 Å². The molecule has 23 heavy (non-hydrogen) atoms. The Balaban J connectivity index is 1.85. The molecule has 1 unspecified atom stereocenters. The van der Waals surface area contributed by atoms with E-state index in [0.717, 1.165) is 19.5 Å². The first-order valence-corrected chi connectivity index (χ1v) is 7.25. The minimum absolute atomic E-state index is 0.0413. The number of carbonyl (C=O) groups is 1. The summed E-state index contributed by atoms with van der Waals surface area (Å²) in [6.45, 7) is 3.33. The minimum atomic E-state index is -0.476. The number of nitro groups is 1. The van der Waals surface area contributed by atoms with Crippen LogP contribution in [0.3, 0.4) is 0 Å². The Morgan fingerprint density at radius 2 is 2.35 bits per heavy atom. The summed E-state index contributed by atoms with van der Waals surface area (Å²) >= 11 is 0. The Kier molecular flexibility index (Phi) is 4.02. The van der Waals surface area contributed by atoms with Crippen LogP contribution in [0.2, 0.25) is 0 Å². The summed E-state index contributed by atoms with van der Waals surface area (Å²) in [7, 11) is 0. The number of rotatable bonds is 4. The molecule has 0 bridgehead atoms. The Hall–Kier alpha value is -2.81. The van der Waals surface area contributed by atoms with Gasteiger partial charge in [-0.05, 0) is 26.0 Å². The van der Waals surface area contributed by atoms with E-state index < -0.39 is 4.92 Å². The monoisotopic (exact) mass is 316 g/mol. The van der Waals surface area contributed by atoms with Crippen LogP contribution in [0.5, 0.6) is 0 Å². The van der Waals surface area contributed by atoms with Gasteiger partial charge in [-0.3, -0.25) is 14.9 Å². The van der Waals surface area contributed by atoms with E-state index in [1.165, 1.54) is 16.8 Å². The van der Waals surface area contributed by atoms with E-state index >= 15 is 0 Å². The molecule has 1 aliphatic heterocycles. The lowest BCUT2D eigenvalue weighted by Crippen LogP contribution is -2.36. The first kappa shape index (κ1) is 15.1. The van der Waals surface area contributed by atoms with E-state index in [1.54, 1.807) is 19.1 Å². The smallest absolute Gasteiger partial charge is 0.274 e. The molecule has 3 rings (SSSR count). The summed E-state index contributed by atoms with van der Waals surface area (Å²) < 4.78 is 1.43. The Morgan fingerprint density at radius 1 is 1.52 bits per heavy atom. The molecule has 9 heteroatoms. The Bertz CT molecular complexity index is 751. The molecule has 2 aromatic rings. The fourth-order valence-corrected chi connectivity index (χ4v) is 2.55. The number of aromatic nitrogens is 3. The molecule has 1 atom stereocenters. The van der Waals surface area contributed by atoms with Crippen molar-refractivity contribution in [2.24, 2.45) is 0 Å². The van der Waals surface area contributed by atoms with Gasteiger partial charge in [-0.2, -0.15) is 0 Å². The lowest BCUT2D eigenvalue weighted by atomic mass is 10.2. The highest BCUT2D eigenvalue weighted by Gasteiger charge is 2.22. The molecule has 9 nitrogen and oxygen atoms in total. The van der Waals surface area contributed by atoms with Crippen LogP contribution >= 0.6 is 0 Å². The SMILES string of the molecule is Cc1c(C(=O)NC2CCNC2)nnn1-c1cccc([N+](=O)[O-])c1. The van der Waals surface area contributed by atoms with Crippen molar-refractivity contribution in [2.75, 3.05) is 13.1 Å². The lowest BCUT2D eigenvalue weighted by molar-refractivity contribution is -0.384. The van der Waals surface area contributed by atoms with E-state index in [4.69, 9.17) is 0 Å². The molecule has 1 aromatic heterocycles. The number of carbonyl (C=O) groups excluding carboxylic acids is 1. The maximum Gasteiger partial charge on any atom is 0.274 e. The molecule has 120 valence electrons. The van der Waals surface area contributed by atoms with Gasteiger partial charge in [0, 0.05) is 24.7 Å². The number of nitrogens with zero attached hydrogens (tertiary/aromatic N) is 4. The minimum Gasteiger partial charge on any atom is -0.347 e. The number of hydrogen-bond donors (Lipinski definition) is 2. The highest BCUT2D eigenvalue weighted by atomic mass is 16.6. The van der Waals surface area contributed by atoms with E-state index in [0.29, 0.717) is 11.4 Å². The highest BCUT2D eigenvalue weighted by Crippen LogP contribution is 2.18. The van der Waals surface area contributed by atoms with Crippen LogP contribution in [0.1, 0.15) is 22.6 Å². The van der Waals surface area contributed by atoms with Gasteiger partial charge in [0.2, 0.25) is 0 Å². The summed E-state index contributed by atoms with van der Waals surface area (Å²) in [6, 6.07) is 6.13. The summed E-state index contributed by atoms with van der Waals surface area (Å²) in [5, 5.41) is 24.8. The molecule has 0 saturated carbocycles. The van der Waals surface area contributed by atoms with Gasteiger partial charge in [-0.25, -0.2) is 4.68 Å². The molecule has 1 aromatic carbocycles. The standard InChI is InChI=1S/C14H16N6O3/c1-9-13(14(21)16-10-5-6-15-8-10)17-18-19(9)11-3-2-4-12(7-11)20(22)23/h2-4,7,10,15H,5-6,8H2,1H3,(H,16,21). The molecule has 2 heterocycles. The third kappa shape index (κ3) is 3.04. The van der Waals surface area contributed by atoms with E-state index in [9.17, 15) is 14.9 Å². The summed E-state index contributed by atoms with van der Waals surface area (Å²) in [5.41, 5.74) is 1.21. The second kappa shape index (κ2) is 6.13. The molecule has 1 amide bonds. The molecular weight excluding hydrogens is 300 g/mol. The van der Waals surface area contributed by atoms with Crippen LogP contribution in [0, 0.1) is 17.0 Å². The number of benzene rings is 1. The molecule has 0 spiro atoms. The molecule has 1 fully saturated rings. The van der Waals surface area contributed by atoms with Gasteiger partial charge in [0.15, 0.2) is 5.69 Å². The maximum absolute atomic E-state index is 12.3. The third-order valence-corrected chi connectivity index (χ3v) is 3.79. The van der Waals surface area contributed by atoms with Crippen molar-refractivity contribution in [2.45, 2.75) is 19.4 Å². The van der Waals surface area contributed by atoms with Crippen LogP contribution in [0.25, 0.3) is 5.69 Å². The van der Waals surface area contributed by atoms with Crippen LogP contribution < -0.4 is 10.6 Å². The second-order valence-electron chi connectivity index (χ2n) is 5.38. The molecule has 0 aliphatic carbocycles. The average Bonchev–Trinajstić information content (AvgIpc) is 3.17. The zero-order valence-corrected chi connectivity index (χ0v) is 12.5. The summed E-state index contributed by atoms with van der Waals surface area (Å²) in [4.78, 5) is 22.7. The molecule has 1 aliphatic rings. The Labute approximate surface area is 131 Å². The van der Waals surface area contributed by atoms with Crippen molar-refractivity contribution in [3.63, 3.8) is 0 Å². The number of nitro benzene ring substituents is 1. The maximum atomic E-state index is 12.3. The van der Waals surface area contributed by atoms with Gasteiger partial charge >= 0.3 is 0 Å². The zero-order valence-electron chi connectivity index (χ0n) is 12.5. The zero-order chi connectivity index (χ0) is 16.4. The normalized spacial score (nSPS) is 17.2. The van der Waals surface area contributed by atoms with E-state index in [2.05, 4.69) is 20.9 Å². The van der Waals surface area contributed by atoms with E-state index in [1.807, 2.05) is 0 Å². The van der Waals surface area contributed by atoms with Crippen molar-refractivity contribution < 1.29 is 9.72 Å². The van der Waals surface area contributed by atoms with Crippen LogP contribution in [-0.2, 0) is 0 Å². The van der Waals surface area contributed by atoms with Crippen LogP contribution in [0.15, 0.2) is 24.3 Å². The van der Waals surface area contributed by atoms with Gasteiger partial charge in [0.1, 0.15) is 0 Å². The summed E-state index contributed by atoms with van der Waals surface area (Å²) in [6.07, 6.45) is 0.879. The van der Waals surface area contributed by atoms with Crippen LogP contribution in [-0.4, -0.2) is 45.0 Å². The van der Waals surface area contributed by atoms with E-state index in [-0.39, 0.29) is 23.3 Å². The van der Waals surface area contributed by atoms with Gasteiger partial charge in [-0.15, -0.1) is 5.10 Å². The first-order valence-electron chi connectivity index (χ1n) is 7.25. The van der Waals surface area contributed by atoms with Crippen molar-refractivity contribution in [3.8, 4) is 5.69 Å². The third-order valence-electron chi connectivity index (χ3n) is 3.79. The fraction of sp³-hybridized carbons (Fsp3) is 0.357. The fourth-order valence-electron chi connectivity index (χ4n) is 2.55. The average molecular weight is 316 g/mol. The largest absolute Gasteiger partial charge is 0.347 e. The number of nitrogens with one attached hydrogen (secondary N) is 2. The molecule has 1 saturated heterocycles. The molecular formula is C14H16N6O3. The highest BCUT2D eigenvalue weighted by molar-refractivity contribution is 5.93. The quantitative estimate of drug-likeness (QED) is 0.629. The van der Waals surface area contributed by atoms with Crippen molar-refractivity contribution in [1.29, 1.82) is 0 Å². The number of non-ortho nitro benzene ring substituents is 1. The first-order chi connectivity index (χ1) is 11.1. The molecule has 2 N–H and O–H groups in total. The van der Waals surface area contributed by atoms with Crippen molar-refractivity contribution in [3.05, 3.63) is 45.8 Å².